The van der Waals surface area contributed by atoms with Crippen molar-refractivity contribution < 1.29 is 71.4 Å². The Hall–Kier alpha value is -8.35. The van der Waals surface area contributed by atoms with Gasteiger partial charge in [-0.1, -0.05) is 151 Å². The molecule has 7 aromatic rings. The van der Waals surface area contributed by atoms with Crippen LogP contribution >= 0.6 is 0 Å². The van der Waals surface area contributed by atoms with Gasteiger partial charge in [-0.25, -0.2) is 19.2 Å². The summed E-state index contributed by atoms with van der Waals surface area (Å²) < 4.78 is 64.9. The number of rotatable bonds is 21. The third-order valence-electron chi connectivity index (χ3n) is 12.8. The minimum Gasteiger partial charge on any atom is -0.497 e. The number of esters is 3. The zero-order valence-electron chi connectivity index (χ0n) is 42.7. The van der Waals surface area contributed by atoms with Gasteiger partial charge in [0, 0.05) is 0 Å². The maximum absolute atomic E-state index is 14.5. The van der Waals surface area contributed by atoms with E-state index in [4.69, 9.17) is 52.2 Å². The minimum atomic E-state index is -1.78. The molecule has 0 N–H and O–H groups in total. The molecular weight excluding hydrogens is 999 g/mol. The Morgan fingerprint density at radius 3 is 1.44 bits per heavy atom. The number of hydrogen-bond donors (Lipinski definition) is 0. The Labute approximate surface area is 451 Å². The summed E-state index contributed by atoms with van der Waals surface area (Å²) in [7, 11) is 1.58. The predicted molar refractivity (Wildman–Crippen MR) is 283 cm³/mol. The number of benzene rings is 7. The molecule has 0 amide bonds. The first kappa shape index (κ1) is 54.4. The fourth-order valence-electron chi connectivity index (χ4n) is 8.70. The van der Waals surface area contributed by atoms with E-state index in [1.54, 1.807) is 99.0 Å². The van der Waals surface area contributed by atoms with Crippen molar-refractivity contribution in [1.29, 1.82) is 0 Å². The SMILES string of the molecule is COc1ccc(CO[C@@H]2O[C@@H](C)[C@H](OCc3ccccc3)[C@@H](O[C@@H]3O[C@H](COC(=O)c4ccccc4)[C@@H](OC(=O)c4ccccc4)[C@H](OC(=O)c4ccccc4)/C3=N\OC(=O)c3ccccc3)[C@H]2OCc2ccccc2)cc1. The highest BCUT2D eigenvalue weighted by Crippen LogP contribution is 2.35. The Kier molecular flexibility index (Phi) is 18.9. The number of hydrogen-bond acceptors (Lipinski definition) is 16. The lowest BCUT2D eigenvalue weighted by Crippen LogP contribution is -2.65. The molecule has 16 nitrogen and oxygen atoms in total. The zero-order chi connectivity index (χ0) is 54.1. The number of carbonyl (C=O) groups excluding carboxylic acids is 4. The number of nitrogens with zero attached hydrogens (tertiary/aromatic N) is 1. The van der Waals surface area contributed by atoms with E-state index in [1.807, 2.05) is 84.9 Å². The highest BCUT2D eigenvalue weighted by Gasteiger charge is 2.55. The van der Waals surface area contributed by atoms with E-state index < -0.39 is 85.8 Å². The molecule has 2 aliphatic heterocycles. The molecule has 0 bridgehead atoms. The summed E-state index contributed by atoms with van der Waals surface area (Å²) in [6.45, 7) is 1.42. The summed E-state index contributed by atoms with van der Waals surface area (Å²) in [5, 5.41) is 4.39. The zero-order valence-corrected chi connectivity index (χ0v) is 42.7. The summed E-state index contributed by atoms with van der Waals surface area (Å²) >= 11 is 0. The molecule has 0 spiro atoms. The number of oxime groups is 1. The van der Waals surface area contributed by atoms with Crippen molar-refractivity contribution in [3.8, 4) is 5.75 Å². The van der Waals surface area contributed by atoms with Gasteiger partial charge in [-0.05, 0) is 84.3 Å². The monoisotopic (exact) mass is 1060 g/mol. The van der Waals surface area contributed by atoms with E-state index >= 15 is 0 Å². The van der Waals surface area contributed by atoms with E-state index in [0.717, 1.165) is 16.7 Å². The Balaban J connectivity index is 1.17. The van der Waals surface area contributed by atoms with E-state index in [9.17, 15) is 19.2 Å². The van der Waals surface area contributed by atoms with Crippen LogP contribution in [0.3, 0.4) is 0 Å². The fraction of sp³-hybridized carbons (Fsp3) is 0.242. The molecule has 400 valence electrons. The lowest BCUT2D eigenvalue weighted by Gasteiger charge is -2.47. The smallest absolute Gasteiger partial charge is 0.365 e. The Bertz CT molecular complexity index is 3040. The van der Waals surface area contributed by atoms with E-state index in [2.05, 4.69) is 5.16 Å². The van der Waals surface area contributed by atoms with Gasteiger partial charge < -0.3 is 52.2 Å². The van der Waals surface area contributed by atoms with Gasteiger partial charge in [0.05, 0.1) is 55.3 Å². The highest BCUT2D eigenvalue weighted by molar-refractivity contribution is 5.99. The molecule has 2 aliphatic rings. The van der Waals surface area contributed by atoms with Gasteiger partial charge in [-0.2, -0.15) is 0 Å². The molecule has 7 aromatic carbocycles. The standard InChI is InChI=1S/C62H57NO15/c1-41-52(69-37-42-21-9-3-10-22-42)55(56(70-38-43-23-11-4-12-24-43)62(73-41)72-39-44-33-35-49(68-2)36-34-44)77-61-51(63-78-60(67)48-31-19-8-20-32-48)54(76-59(66)47-29-17-7-18-30-47)53(75-58(65)46-27-15-6-16-28-46)50(74-61)40-71-57(64)45-25-13-5-14-26-45/h3-36,41,50,52-56,61-62H,37-40H2,1-2H3/b63-51+/t41-,50+,52-,53+,54+,55+,56+,61-,62+/m0/s1. The Morgan fingerprint density at radius 2 is 0.910 bits per heavy atom. The average Bonchev–Trinajstić information content (AvgIpc) is 3.52. The van der Waals surface area contributed by atoms with Crippen molar-refractivity contribution in [3.63, 3.8) is 0 Å². The molecule has 78 heavy (non-hydrogen) atoms. The Morgan fingerprint density at radius 1 is 0.462 bits per heavy atom. The fourth-order valence-corrected chi connectivity index (χ4v) is 8.70. The van der Waals surface area contributed by atoms with Crippen molar-refractivity contribution in [2.24, 2.45) is 5.16 Å². The van der Waals surface area contributed by atoms with Crippen LogP contribution in [0.25, 0.3) is 0 Å². The van der Waals surface area contributed by atoms with E-state index in [0.29, 0.717) is 5.75 Å². The first-order valence-corrected chi connectivity index (χ1v) is 25.3. The molecule has 16 heteroatoms. The van der Waals surface area contributed by atoms with Crippen molar-refractivity contribution >= 4 is 29.6 Å². The third kappa shape index (κ3) is 14.4. The predicted octanol–water partition coefficient (Wildman–Crippen LogP) is 9.76. The summed E-state index contributed by atoms with van der Waals surface area (Å²) in [5.41, 5.74) is 2.67. The van der Waals surface area contributed by atoms with Gasteiger partial charge in [-0.15, -0.1) is 0 Å². The molecule has 9 atom stereocenters. The van der Waals surface area contributed by atoms with Crippen LogP contribution in [-0.4, -0.2) is 98.6 Å². The summed E-state index contributed by atoms with van der Waals surface area (Å²) in [6, 6.07) is 58.8. The van der Waals surface area contributed by atoms with Crippen molar-refractivity contribution in [2.45, 2.75) is 82.1 Å². The summed E-state index contributed by atoms with van der Waals surface area (Å²) in [5.74, 6) is -2.72. The molecule has 0 unspecified atom stereocenters. The summed E-state index contributed by atoms with van der Waals surface area (Å²) in [4.78, 5) is 62.0. The number of carbonyl (C=O) groups is 4. The van der Waals surface area contributed by atoms with Crippen LogP contribution in [0.2, 0.25) is 0 Å². The number of ether oxygens (including phenoxy) is 10. The molecule has 2 heterocycles. The van der Waals surface area contributed by atoms with Crippen LogP contribution in [0.1, 0.15) is 65.0 Å². The van der Waals surface area contributed by atoms with Gasteiger partial charge in [0.25, 0.3) is 0 Å². The normalized spacial score (nSPS) is 22.4. The lowest BCUT2D eigenvalue weighted by molar-refractivity contribution is -0.339. The van der Waals surface area contributed by atoms with E-state index in [-0.39, 0.29) is 47.8 Å². The molecule has 0 saturated carbocycles. The molecule has 0 radical (unpaired) electrons. The molecular formula is C62H57NO15. The van der Waals surface area contributed by atoms with Crippen LogP contribution in [0.4, 0.5) is 0 Å². The van der Waals surface area contributed by atoms with Crippen LogP contribution in [0.5, 0.6) is 5.75 Å². The van der Waals surface area contributed by atoms with E-state index in [1.165, 1.54) is 36.4 Å². The van der Waals surface area contributed by atoms with Gasteiger partial charge in [0.15, 0.2) is 24.2 Å². The molecule has 2 fully saturated rings. The lowest BCUT2D eigenvalue weighted by atomic mass is 9.96. The topological polar surface area (TPSA) is 182 Å². The van der Waals surface area contributed by atoms with Gasteiger partial charge in [0.2, 0.25) is 6.29 Å². The van der Waals surface area contributed by atoms with Gasteiger partial charge >= 0.3 is 23.9 Å². The number of methoxy groups -OCH3 is 1. The van der Waals surface area contributed by atoms with Gasteiger partial charge in [-0.3, -0.25) is 0 Å². The first-order chi connectivity index (χ1) is 38.2. The highest BCUT2D eigenvalue weighted by atomic mass is 16.8. The second kappa shape index (κ2) is 27.1. The van der Waals surface area contributed by atoms with Crippen LogP contribution in [0.15, 0.2) is 211 Å². The third-order valence-corrected chi connectivity index (χ3v) is 12.8. The second-order valence-electron chi connectivity index (χ2n) is 18.2. The molecule has 0 aromatic heterocycles. The maximum Gasteiger partial charge on any atom is 0.365 e. The summed E-state index contributed by atoms with van der Waals surface area (Å²) in [6.07, 6.45) is -11.9. The second-order valence-corrected chi connectivity index (χ2v) is 18.2. The van der Waals surface area contributed by atoms with Crippen molar-refractivity contribution in [2.75, 3.05) is 13.7 Å². The van der Waals surface area contributed by atoms with Crippen molar-refractivity contribution in [3.05, 3.63) is 245 Å². The van der Waals surface area contributed by atoms with Crippen LogP contribution in [0, 0.1) is 0 Å². The quantitative estimate of drug-likeness (QED) is 0.0287. The average molecular weight is 1060 g/mol. The van der Waals surface area contributed by atoms with Crippen LogP contribution < -0.4 is 4.74 Å². The first-order valence-electron chi connectivity index (χ1n) is 25.3. The van der Waals surface area contributed by atoms with Crippen LogP contribution in [-0.2, 0) is 67.3 Å². The molecule has 9 rings (SSSR count). The minimum absolute atomic E-state index is 0.0466. The maximum atomic E-state index is 14.5. The molecule has 2 saturated heterocycles. The van der Waals surface area contributed by atoms with Gasteiger partial charge in [0.1, 0.15) is 36.8 Å². The largest absolute Gasteiger partial charge is 0.497 e. The molecule has 0 aliphatic carbocycles. The van der Waals surface area contributed by atoms with Crippen molar-refractivity contribution in [1.82, 2.24) is 0 Å².